The summed E-state index contributed by atoms with van der Waals surface area (Å²) in [5, 5.41) is 23.3. The number of nitriles is 1. The maximum atomic E-state index is 12.8. The first kappa shape index (κ1) is 23.4. The van der Waals surface area contributed by atoms with Gasteiger partial charge >= 0.3 is 12.1 Å². The number of carbonyl (C=O) groups is 3. The molecule has 3 atom stereocenters. The number of alkyl carbamates (subject to hydrolysis) is 1. The van der Waals surface area contributed by atoms with Gasteiger partial charge in [-0.1, -0.05) is 60.7 Å². The van der Waals surface area contributed by atoms with E-state index in [-0.39, 0.29) is 19.4 Å². The molecule has 2 rings (SSSR count). The van der Waals surface area contributed by atoms with Gasteiger partial charge in [0.05, 0.1) is 6.07 Å². The third-order valence-corrected chi connectivity index (χ3v) is 4.53. The van der Waals surface area contributed by atoms with Gasteiger partial charge in [-0.05, 0) is 24.5 Å². The average molecular weight is 423 g/mol. The molecule has 0 radical (unpaired) electrons. The van der Waals surface area contributed by atoms with Gasteiger partial charge < -0.3 is 20.5 Å². The molecule has 0 aliphatic carbocycles. The number of nitrogens with one attached hydrogen (secondary N) is 2. The summed E-state index contributed by atoms with van der Waals surface area (Å²) in [6, 6.07) is 17.7. The summed E-state index contributed by atoms with van der Waals surface area (Å²) in [6.45, 7) is 1.60. The predicted octanol–water partition coefficient (Wildman–Crippen LogP) is 2.64. The van der Waals surface area contributed by atoms with Crippen LogP contribution in [0.1, 0.15) is 24.5 Å². The van der Waals surface area contributed by atoms with E-state index in [1.165, 1.54) is 0 Å². The largest absolute Gasteiger partial charge is 0.480 e. The molecular weight excluding hydrogens is 398 g/mol. The van der Waals surface area contributed by atoms with Crippen LogP contribution in [0.3, 0.4) is 0 Å². The van der Waals surface area contributed by atoms with E-state index >= 15 is 0 Å². The number of carboxylic acids is 1. The molecule has 162 valence electrons. The fraction of sp³-hybridized carbons (Fsp3) is 0.304. The predicted molar refractivity (Wildman–Crippen MR) is 113 cm³/mol. The molecule has 31 heavy (non-hydrogen) atoms. The number of ether oxygens (including phenoxy) is 1. The van der Waals surface area contributed by atoms with E-state index in [0.717, 1.165) is 11.1 Å². The van der Waals surface area contributed by atoms with Crippen LogP contribution in [-0.4, -0.2) is 35.2 Å². The number of benzene rings is 2. The molecule has 0 unspecified atom stereocenters. The van der Waals surface area contributed by atoms with Gasteiger partial charge in [0.15, 0.2) is 0 Å². The van der Waals surface area contributed by atoms with Gasteiger partial charge in [-0.3, -0.25) is 4.79 Å². The number of amides is 2. The van der Waals surface area contributed by atoms with Gasteiger partial charge in [0.25, 0.3) is 0 Å². The van der Waals surface area contributed by atoms with Crippen molar-refractivity contribution in [3.63, 3.8) is 0 Å². The minimum absolute atomic E-state index is 0.0315. The van der Waals surface area contributed by atoms with Crippen LogP contribution in [0, 0.1) is 17.2 Å². The second-order valence-corrected chi connectivity index (χ2v) is 7.11. The van der Waals surface area contributed by atoms with Crippen molar-refractivity contribution in [3.05, 3.63) is 71.8 Å². The lowest BCUT2D eigenvalue weighted by molar-refractivity contribution is -0.142. The lowest BCUT2D eigenvalue weighted by Gasteiger charge is -2.22. The Morgan fingerprint density at radius 3 is 2.10 bits per heavy atom. The standard InChI is InChI=1S/C23H25N3O5/c1-16(14-24)12-20(22(28)29)25-21(27)19(13-17-8-4-2-5-9-17)26-23(30)31-15-18-10-6-3-7-11-18/h2-11,16,19-20H,12-13,15H2,1H3,(H,25,27)(H,26,30)(H,28,29)/t16-,19-,20-/m1/s1. The van der Waals surface area contributed by atoms with Gasteiger partial charge in [0, 0.05) is 12.3 Å². The summed E-state index contributed by atoms with van der Waals surface area (Å²) >= 11 is 0. The quantitative estimate of drug-likeness (QED) is 0.539. The Bertz CT molecular complexity index is 912. The van der Waals surface area contributed by atoms with E-state index in [1.807, 2.05) is 30.3 Å². The molecule has 2 aromatic rings. The maximum Gasteiger partial charge on any atom is 0.408 e. The Kier molecular flexibility index (Phi) is 9.05. The second-order valence-electron chi connectivity index (χ2n) is 7.11. The molecule has 8 heteroatoms. The summed E-state index contributed by atoms with van der Waals surface area (Å²) in [5.74, 6) is -2.48. The molecule has 0 aromatic heterocycles. The fourth-order valence-electron chi connectivity index (χ4n) is 2.87. The van der Waals surface area contributed by atoms with Crippen LogP contribution in [0.4, 0.5) is 4.79 Å². The van der Waals surface area contributed by atoms with Crippen molar-refractivity contribution in [1.82, 2.24) is 10.6 Å². The first-order valence-electron chi connectivity index (χ1n) is 9.83. The highest BCUT2D eigenvalue weighted by atomic mass is 16.5. The molecule has 3 N–H and O–H groups in total. The highest BCUT2D eigenvalue weighted by Gasteiger charge is 2.28. The zero-order valence-electron chi connectivity index (χ0n) is 17.2. The molecule has 0 spiro atoms. The molecule has 2 aromatic carbocycles. The van der Waals surface area contributed by atoms with Gasteiger partial charge in [-0.2, -0.15) is 5.26 Å². The summed E-state index contributed by atoms with van der Waals surface area (Å²) < 4.78 is 5.19. The molecule has 0 bridgehead atoms. The van der Waals surface area contributed by atoms with E-state index in [1.54, 1.807) is 43.3 Å². The van der Waals surface area contributed by atoms with Crippen LogP contribution in [-0.2, 0) is 27.4 Å². The first-order chi connectivity index (χ1) is 14.9. The molecular formula is C23H25N3O5. The number of aliphatic carboxylic acids is 1. The first-order valence-corrected chi connectivity index (χ1v) is 9.83. The van der Waals surface area contributed by atoms with Crippen LogP contribution < -0.4 is 10.6 Å². The molecule has 0 saturated heterocycles. The summed E-state index contributed by atoms with van der Waals surface area (Å²) in [4.78, 5) is 36.6. The van der Waals surface area contributed by atoms with Crippen molar-refractivity contribution in [2.24, 2.45) is 5.92 Å². The number of hydrogen-bond acceptors (Lipinski definition) is 5. The molecule has 8 nitrogen and oxygen atoms in total. The monoisotopic (exact) mass is 423 g/mol. The van der Waals surface area contributed by atoms with Crippen molar-refractivity contribution in [2.45, 2.75) is 38.5 Å². The van der Waals surface area contributed by atoms with E-state index < -0.39 is 36.0 Å². The van der Waals surface area contributed by atoms with E-state index in [2.05, 4.69) is 10.6 Å². The van der Waals surface area contributed by atoms with Gasteiger partial charge in [0.1, 0.15) is 18.7 Å². The number of rotatable bonds is 10. The second kappa shape index (κ2) is 12.0. The van der Waals surface area contributed by atoms with Gasteiger partial charge in [-0.15, -0.1) is 0 Å². The third kappa shape index (κ3) is 8.19. The molecule has 2 amide bonds. The van der Waals surface area contributed by atoms with Crippen LogP contribution >= 0.6 is 0 Å². The van der Waals surface area contributed by atoms with Crippen LogP contribution in [0.15, 0.2) is 60.7 Å². The summed E-state index contributed by atoms with van der Waals surface area (Å²) in [5.41, 5.74) is 1.57. The number of nitrogens with zero attached hydrogens (tertiary/aromatic N) is 1. The lowest BCUT2D eigenvalue weighted by Crippen LogP contribution is -2.52. The minimum atomic E-state index is -1.25. The van der Waals surface area contributed by atoms with Gasteiger partial charge in [-0.25, -0.2) is 9.59 Å². The maximum absolute atomic E-state index is 12.8. The SMILES string of the molecule is C[C@@H](C#N)C[C@@H](NC(=O)[C@@H](Cc1ccccc1)NC(=O)OCc1ccccc1)C(=O)O. The summed E-state index contributed by atoms with van der Waals surface area (Å²) in [6.07, 6.45) is -0.696. The highest BCUT2D eigenvalue weighted by molar-refractivity contribution is 5.89. The highest BCUT2D eigenvalue weighted by Crippen LogP contribution is 2.08. The molecule has 0 aliphatic rings. The topological polar surface area (TPSA) is 129 Å². The Balaban J connectivity index is 2.07. The average Bonchev–Trinajstić information content (AvgIpc) is 2.78. The van der Waals surface area contributed by atoms with E-state index in [9.17, 15) is 19.5 Å². The Morgan fingerprint density at radius 2 is 1.55 bits per heavy atom. The molecule has 0 aliphatic heterocycles. The molecule has 0 heterocycles. The van der Waals surface area contributed by atoms with E-state index in [0.29, 0.717) is 0 Å². The number of carbonyl (C=O) groups excluding carboxylic acids is 2. The third-order valence-electron chi connectivity index (χ3n) is 4.53. The van der Waals surface area contributed by atoms with Crippen LogP contribution in [0.5, 0.6) is 0 Å². The van der Waals surface area contributed by atoms with Crippen molar-refractivity contribution < 1.29 is 24.2 Å². The lowest BCUT2D eigenvalue weighted by atomic mass is 10.0. The van der Waals surface area contributed by atoms with Crippen molar-refractivity contribution >= 4 is 18.0 Å². The van der Waals surface area contributed by atoms with Crippen LogP contribution in [0.25, 0.3) is 0 Å². The summed E-state index contributed by atoms with van der Waals surface area (Å²) in [7, 11) is 0. The zero-order valence-corrected chi connectivity index (χ0v) is 17.2. The van der Waals surface area contributed by atoms with Crippen molar-refractivity contribution in [3.8, 4) is 6.07 Å². The Hall–Kier alpha value is -3.86. The Labute approximate surface area is 180 Å². The normalized spacial score (nSPS) is 13.2. The molecule has 0 saturated carbocycles. The van der Waals surface area contributed by atoms with E-state index in [4.69, 9.17) is 10.00 Å². The van der Waals surface area contributed by atoms with Crippen molar-refractivity contribution in [1.29, 1.82) is 5.26 Å². The van der Waals surface area contributed by atoms with Crippen LogP contribution in [0.2, 0.25) is 0 Å². The van der Waals surface area contributed by atoms with Crippen molar-refractivity contribution in [2.75, 3.05) is 0 Å². The minimum Gasteiger partial charge on any atom is -0.480 e. The number of hydrogen-bond donors (Lipinski definition) is 3. The fourth-order valence-corrected chi connectivity index (χ4v) is 2.87. The zero-order chi connectivity index (χ0) is 22.6. The van der Waals surface area contributed by atoms with Gasteiger partial charge in [0.2, 0.25) is 5.91 Å². The smallest absolute Gasteiger partial charge is 0.408 e. The number of carboxylic acid groups (broad SMARTS) is 1. The Morgan fingerprint density at radius 1 is 0.968 bits per heavy atom. The molecule has 0 fully saturated rings.